The number of ether oxygens (including phenoxy) is 1. The van der Waals surface area contributed by atoms with Crippen LogP contribution in [0.2, 0.25) is 0 Å². The smallest absolute Gasteiger partial charge is 0.243 e. The van der Waals surface area contributed by atoms with E-state index < -0.39 is 0 Å². The molecule has 0 bridgehead atoms. The molecule has 3 rings (SSSR count). The number of nitrogens with one attached hydrogen (secondary N) is 1. The van der Waals surface area contributed by atoms with Crippen molar-refractivity contribution in [3.05, 3.63) is 48.0 Å². The number of amides is 1. The van der Waals surface area contributed by atoms with Gasteiger partial charge in [0.25, 0.3) is 0 Å². The zero-order valence-corrected chi connectivity index (χ0v) is 13.0. The molecule has 118 valence electrons. The van der Waals surface area contributed by atoms with Crippen LogP contribution in [0.25, 0.3) is 0 Å². The molecular weight excluding hydrogens is 274 g/mol. The Bertz CT molecular complexity index is 505. The molecule has 1 aliphatic carbocycles. The fourth-order valence-corrected chi connectivity index (χ4v) is 3.12. The van der Waals surface area contributed by atoms with Crippen molar-refractivity contribution in [2.45, 2.75) is 25.7 Å². The minimum absolute atomic E-state index is 0.0526. The molecule has 1 aromatic carbocycles. The third-order valence-corrected chi connectivity index (χ3v) is 4.72. The summed E-state index contributed by atoms with van der Waals surface area (Å²) in [6, 6.07) is 10.6. The number of carbonyl (C=O) groups is 1. The van der Waals surface area contributed by atoms with Crippen LogP contribution in [0.5, 0.6) is 0 Å². The third kappa shape index (κ3) is 4.70. The average Bonchev–Trinajstić information content (AvgIpc) is 3.31. The van der Waals surface area contributed by atoms with E-state index in [-0.39, 0.29) is 5.91 Å². The largest absolute Gasteiger partial charge is 0.381 e. The molecule has 1 aliphatic heterocycles. The average molecular weight is 299 g/mol. The van der Waals surface area contributed by atoms with Gasteiger partial charge in [0.05, 0.1) is 0 Å². The predicted molar refractivity (Wildman–Crippen MR) is 87.4 cm³/mol. The summed E-state index contributed by atoms with van der Waals surface area (Å²) in [6.45, 7) is 2.45. The highest BCUT2D eigenvalue weighted by Gasteiger charge is 2.34. The van der Waals surface area contributed by atoms with Crippen molar-refractivity contribution in [2.24, 2.45) is 17.8 Å². The van der Waals surface area contributed by atoms with Gasteiger partial charge in [-0.2, -0.15) is 0 Å². The van der Waals surface area contributed by atoms with E-state index in [4.69, 9.17) is 4.74 Å². The first-order chi connectivity index (χ1) is 10.8. The Labute approximate surface area is 132 Å². The Morgan fingerprint density at radius 3 is 2.77 bits per heavy atom. The monoisotopic (exact) mass is 299 g/mol. The van der Waals surface area contributed by atoms with Gasteiger partial charge in [0.2, 0.25) is 5.91 Å². The van der Waals surface area contributed by atoms with E-state index in [1.165, 1.54) is 12.0 Å². The van der Waals surface area contributed by atoms with E-state index in [2.05, 4.69) is 41.7 Å². The van der Waals surface area contributed by atoms with E-state index >= 15 is 0 Å². The lowest BCUT2D eigenvalue weighted by molar-refractivity contribution is -0.116. The third-order valence-electron chi connectivity index (χ3n) is 4.72. The quantitative estimate of drug-likeness (QED) is 0.820. The lowest BCUT2D eigenvalue weighted by Crippen LogP contribution is -2.31. The minimum Gasteiger partial charge on any atom is -0.381 e. The highest BCUT2D eigenvalue weighted by atomic mass is 16.5. The van der Waals surface area contributed by atoms with Crippen molar-refractivity contribution >= 4 is 5.91 Å². The predicted octanol–water partition coefficient (Wildman–Crippen LogP) is 2.96. The highest BCUT2D eigenvalue weighted by Crippen LogP contribution is 2.42. The molecule has 1 saturated heterocycles. The Hall–Kier alpha value is -1.61. The molecule has 0 unspecified atom stereocenters. The molecule has 1 saturated carbocycles. The first kappa shape index (κ1) is 15.3. The Morgan fingerprint density at radius 1 is 1.23 bits per heavy atom. The topological polar surface area (TPSA) is 38.3 Å². The van der Waals surface area contributed by atoms with Crippen LogP contribution in [0.1, 0.15) is 24.8 Å². The molecule has 0 radical (unpaired) electrons. The summed E-state index contributed by atoms with van der Waals surface area (Å²) in [6.07, 6.45) is 8.28. The second-order valence-corrected chi connectivity index (χ2v) is 6.51. The van der Waals surface area contributed by atoms with E-state index in [0.29, 0.717) is 17.8 Å². The van der Waals surface area contributed by atoms with Crippen LogP contribution >= 0.6 is 0 Å². The maximum absolute atomic E-state index is 11.9. The summed E-state index contributed by atoms with van der Waals surface area (Å²) in [5.74, 6) is 1.92. The van der Waals surface area contributed by atoms with Gasteiger partial charge in [-0.1, -0.05) is 36.4 Å². The standard InChI is InChI=1S/C19H25NO2/c21-19(20-14-16-8-10-22-11-9-16)7-6-17-13-18(17)12-15-4-2-1-3-5-15/h1-7,16-18H,8-14H2,(H,20,21)/b7-6+/t17-,18-/m1/s1. The molecule has 2 fully saturated rings. The lowest BCUT2D eigenvalue weighted by Gasteiger charge is -2.21. The fourth-order valence-electron chi connectivity index (χ4n) is 3.12. The van der Waals surface area contributed by atoms with Gasteiger partial charge < -0.3 is 10.1 Å². The normalized spacial score (nSPS) is 25.3. The van der Waals surface area contributed by atoms with E-state index in [9.17, 15) is 4.79 Å². The zero-order chi connectivity index (χ0) is 15.2. The number of carbonyl (C=O) groups excluding carboxylic acids is 1. The molecular formula is C19H25NO2. The van der Waals surface area contributed by atoms with Crippen molar-refractivity contribution in [2.75, 3.05) is 19.8 Å². The van der Waals surface area contributed by atoms with Gasteiger partial charge in [0, 0.05) is 19.8 Å². The first-order valence-corrected chi connectivity index (χ1v) is 8.39. The van der Waals surface area contributed by atoms with Crippen LogP contribution in [-0.2, 0) is 16.0 Å². The number of hydrogen-bond acceptors (Lipinski definition) is 2. The summed E-state index contributed by atoms with van der Waals surface area (Å²) in [4.78, 5) is 11.9. The number of benzene rings is 1. The van der Waals surface area contributed by atoms with Gasteiger partial charge >= 0.3 is 0 Å². The molecule has 3 nitrogen and oxygen atoms in total. The van der Waals surface area contributed by atoms with E-state index in [1.54, 1.807) is 6.08 Å². The van der Waals surface area contributed by atoms with Gasteiger partial charge in [0.1, 0.15) is 0 Å². The Morgan fingerprint density at radius 2 is 2.00 bits per heavy atom. The van der Waals surface area contributed by atoms with Crippen molar-refractivity contribution in [3.8, 4) is 0 Å². The summed E-state index contributed by atoms with van der Waals surface area (Å²) >= 11 is 0. The number of allylic oxidation sites excluding steroid dienone is 1. The molecule has 22 heavy (non-hydrogen) atoms. The molecule has 1 amide bonds. The SMILES string of the molecule is O=C(/C=C/[C@@H]1C[C@H]1Cc1ccccc1)NCC1CCOCC1. The maximum Gasteiger partial charge on any atom is 0.243 e. The van der Waals surface area contributed by atoms with Crippen LogP contribution in [0.4, 0.5) is 0 Å². The second-order valence-electron chi connectivity index (χ2n) is 6.51. The van der Waals surface area contributed by atoms with Crippen LogP contribution < -0.4 is 5.32 Å². The Balaban J connectivity index is 1.34. The fraction of sp³-hybridized carbons (Fsp3) is 0.526. The van der Waals surface area contributed by atoms with Crippen LogP contribution in [0, 0.1) is 17.8 Å². The minimum atomic E-state index is 0.0526. The van der Waals surface area contributed by atoms with E-state index in [0.717, 1.165) is 39.0 Å². The molecule has 1 aromatic rings. The molecule has 2 aliphatic rings. The zero-order valence-electron chi connectivity index (χ0n) is 13.0. The van der Waals surface area contributed by atoms with Crippen molar-refractivity contribution in [3.63, 3.8) is 0 Å². The maximum atomic E-state index is 11.9. The molecule has 2 atom stereocenters. The van der Waals surface area contributed by atoms with Crippen molar-refractivity contribution in [1.82, 2.24) is 5.32 Å². The highest BCUT2D eigenvalue weighted by molar-refractivity contribution is 5.87. The molecule has 3 heteroatoms. The summed E-state index contributed by atoms with van der Waals surface area (Å²) in [5, 5.41) is 3.02. The second kappa shape index (κ2) is 7.59. The van der Waals surface area contributed by atoms with Crippen molar-refractivity contribution < 1.29 is 9.53 Å². The van der Waals surface area contributed by atoms with Gasteiger partial charge in [-0.15, -0.1) is 0 Å². The summed E-state index contributed by atoms with van der Waals surface area (Å²) in [7, 11) is 0. The lowest BCUT2D eigenvalue weighted by atomic mass is 10.0. The first-order valence-electron chi connectivity index (χ1n) is 8.39. The molecule has 0 spiro atoms. The summed E-state index contributed by atoms with van der Waals surface area (Å²) < 4.78 is 5.33. The van der Waals surface area contributed by atoms with Gasteiger partial charge in [-0.05, 0) is 55.1 Å². The van der Waals surface area contributed by atoms with Crippen LogP contribution in [-0.4, -0.2) is 25.7 Å². The van der Waals surface area contributed by atoms with Crippen molar-refractivity contribution in [1.29, 1.82) is 0 Å². The van der Waals surface area contributed by atoms with Gasteiger partial charge in [0.15, 0.2) is 0 Å². The molecule has 0 aromatic heterocycles. The van der Waals surface area contributed by atoms with Crippen LogP contribution in [0.15, 0.2) is 42.5 Å². The number of hydrogen-bond donors (Lipinski definition) is 1. The van der Waals surface area contributed by atoms with Crippen LogP contribution in [0.3, 0.4) is 0 Å². The van der Waals surface area contributed by atoms with Gasteiger partial charge in [-0.3, -0.25) is 4.79 Å². The van der Waals surface area contributed by atoms with E-state index in [1.807, 2.05) is 0 Å². The Kier molecular flexibility index (Phi) is 5.28. The summed E-state index contributed by atoms with van der Waals surface area (Å²) in [5.41, 5.74) is 1.40. The molecule has 1 N–H and O–H groups in total. The number of rotatable bonds is 6. The molecule has 1 heterocycles. The van der Waals surface area contributed by atoms with Gasteiger partial charge in [-0.25, -0.2) is 0 Å².